The van der Waals surface area contributed by atoms with Crippen molar-refractivity contribution in [2.24, 2.45) is 0 Å². The number of nitrogens with zero attached hydrogens (tertiary/aromatic N) is 4. The fourth-order valence-corrected chi connectivity index (χ4v) is 3.41. The van der Waals surface area contributed by atoms with Crippen molar-refractivity contribution in [1.82, 2.24) is 15.1 Å². The topological polar surface area (TPSA) is 41.5 Å². The molecule has 1 atom stereocenters. The lowest BCUT2D eigenvalue weighted by Crippen LogP contribution is -2.45. The Bertz CT molecular complexity index is 881. The van der Waals surface area contributed by atoms with Crippen LogP contribution < -0.4 is 4.90 Å². The van der Waals surface area contributed by atoms with Crippen LogP contribution in [0.2, 0.25) is 0 Å². The van der Waals surface area contributed by atoms with Crippen LogP contribution in [0, 0.1) is 0 Å². The summed E-state index contributed by atoms with van der Waals surface area (Å²) in [4.78, 5) is 4.41. The summed E-state index contributed by atoms with van der Waals surface area (Å²) in [7, 11) is 4.17. The molecule has 1 unspecified atom stereocenters. The molecule has 3 aromatic rings. The first-order valence-electron chi connectivity index (χ1n) is 9.03. The second-order valence-corrected chi connectivity index (χ2v) is 6.97. The average Bonchev–Trinajstić information content (AvgIpc) is 2.68. The Kier molecular flexibility index (Phi) is 4.82. The van der Waals surface area contributed by atoms with Gasteiger partial charge in [-0.3, -0.25) is 0 Å². The highest BCUT2D eigenvalue weighted by atomic mass is 16.5. The maximum Gasteiger partial charge on any atom is 0.151 e. The Hall–Kier alpha value is -2.50. The van der Waals surface area contributed by atoms with Gasteiger partial charge >= 0.3 is 0 Å². The average molecular weight is 348 g/mol. The molecule has 134 valence electrons. The summed E-state index contributed by atoms with van der Waals surface area (Å²) < 4.78 is 5.84. The maximum absolute atomic E-state index is 5.84. The summed E-state index contributed by atoms with van der Waals surface area (Å²) in [5.41, 5.74) is 1.98. The molecule has 26 heavy (non-hydrogen) atoms. The van der Waals surface area contributed by atoms with Crippen molar-refractivity contribution in [3.63, 3.8) is 0 Å². The van der Waals surface area contributed by atoms with Crippen LogP contribution >= 0.6 is 0 Å². The van der Waals surface area contributed by atoms with Gasteiger partial charge in [0, 0.05) is 32.2 Å². The van der Waals surface area contributed by atoms with Crippen LogP contribution in [0.3, 0.4) is 0 Å². The molecule has 5 nitrogen and oxygen atoms in total. The molecule has 4 rings (SSSR count). The zero-order valence-electron chi connectivity index (χ0n) is 15.3. The van der Waals surface area contributed by atoms with Gasteiger partial charge in [0.2, 0.25) is 0 Å². The van der Waals surface area contributed by atoms with E-state index in [-0.39, 0.29) is 6.10 Å². The Labute approximate surface area is 154 Å². The zero-order chi connectivity index (χ0) is 17.9. The molecule has 0 bridgehead atoms. The van der Waals surface area contributed by atoms with Crippen molar-refractivity contribution >= 4 is 16.6 Å². The molecule has 0 N–H and O–H groups in total. The molecule has 0 aliphatic carbocycles. The summed E-state index contributed by atoms with van der Waals surface area (Å²) in [5, 5.41) is 11.3. The van der Waals surface area contributed by atoms with Crippen LogP contribution in [-0.4, -0.2) is 61.5 Å². The third kappa shape index (κ3) is 3.69. The van der Waals surface area contributed by atoms with Gasteiger partial charge in [-0.15, -0.1) is 10.2 Å². The van der Waals surface area contributed by atoms with Crippen molar-refractivity contribution in [2.45, 2.75) is 6.10 Å². The van der Waals surface area contributed by atoms with Crippen molar-refractivity contribution < 1.29 is 4.74 Å². The molecule has 1 aliphatic heterocycles. The Morgan fingerprint density at radius 2 is 1.92 bits per heavy atom. The van der Waals surface area contributed by atoms with Gasteiger partial charge in [-0.05, 0) is 36.0 Å². The molecule has 1 fully saturated rings. The van der Waals surface area contributed by atoms with E-state index in [1.54, 1.807) is 0 Å². The minimum absolute atomic E-state index is 0.209. The Morgan fingerprint density at radius 3 is 2.69 bits per heavy atom. The van der Waals surface area contributed by atoms with Crippen LogP contribution in [0.1, 0.15) is 0 Å². The number of morpholine rings is 1. The first-order valence-corrected chi connectivity index (χ1v) is 9.03. The van der Waals surface area contributed by atoms with Gasteiger partial charge in [-0.1, -0.05) is 36.4 Å². The van der Waals surface area contributed by atoms with E-state index in [0.29, 0.717) is 0 Å². The molecule has 0 amide bonds. The van der Waals surface area contributed by atoms with Gasteiger partial charge in [0.1, 0.15) is 0 Å². The zero-order valence-corrected chi connectivity index (χ0v) is 15.3. The van der Waals surface area contributed by atoms with E-state index in [4.69, 9.17) is 4.74 Å². The van der Waals surface area contributed by atoms with E-state index in [9.17, 15) is 0 Å². The van der Waals surface area contributed by atoms with E-state index in [0.717, 1.165) is 43.3 Å². The largest absolute Gasteiger partial charge is 0.374 e. The molecule has 1 aromatic heterocycles. The number of hydrogen-bond acceptors (Lipinski definition) is 5. The molecule has 0 saturated carbocycles. The van der Waals surface area contributed by atoms with Crippen LogP contribution in [0.15, 0.2) is 54.6 Å². The Morgan fingerprint density at radius 1 is 1.08 bits per heavy atom. The fraction of sp³-hybridized carbons (Fsp3) is 0.333. The maximum atomic E-state index is 5.84. The van der Waals surface area contributed by atoms with E-state index in [1.807, 2.05) is 19.2 Å². The van der Waals surface area contributed by atoms with Crippen molar-refractivity contribution in [1.29, 1.82) is 0 Å². The first kappa shape index (κ1) is 16.9. The van der Waals surface area contributed by atoms with Gasteiger partial charge in [-0.2, -0.15) is 0 Å². The lowest BCUT2D eigenvalue weighted by molar-refractivity contribution is -0.0143. The normalized spacial score (nSPS) is 18.2. The number of fused-ring (bicyclic) bond motifs is 1. The highest BCUT2D eigenvalue weighted by Gasteiger charge is 2.20. The predicted octanol–water partition coefficient (Wildman–Crippen LogP) is 3.06. The molecule has 5 heteroatoms. The number of likely N-dealkylation sites (N-methyl/N-ethyl adjacent to an activating group) is 2. The van der Waals surface area contributed by atoms with Gasteiger partial charge < -0.3 is 14.5 Å². The SMILES string of the molecule is CN1CCOC(CN(C)c2ccc(-c3ccc4ccccc4c3)nn2)C1. The third-order valence-electron chi connectivity index (χ3n) is 4.91. The van der Waals surface area contributed by atoms with Crippen molar-refractivity contribution in [3.8, 4) is 11.3 Å². The second-order valence-electron chi connectivity index (χ2n) is 6.97. The smallest absolute Gasteiger partial charge is 0.151 e. The highest BCUT2D eigenvalue weighted by Crippen LogP contribution is 2.23. The van der Waals surface area contributed by atoms with Gasteiger partial charge in [-0.25, -0.2) is 0 Å². The summed E-state index contributed by atoms with van der Waals surface area (Å²) >= 11 is 0. The predicted molar refractivity (Wildman–Crippen MR) is 105 cm³/mol. The number of rotatable bonds is 4. The van der Waals surface area contributed by atoms with E-state index >= 15 is 0 Å². The van der Waals surface area contributed by atoms with Crippen LogP contribution in [0.25, 0.3) is 22.0 Å². The fourth-order valence-electron chi connectivity index (χ4n) is 3.41. The number of aromatic nitrogens is 2. The number of benzene rings is 2. The monoisotopic (exact) mass is 348 g/mol. The van der Waals surface area contributed by atoms with E-state index < -0.39 is 0 Å². The lowest BCUT2D eigenvalue weighted by Gasteiger charge is -2.32. The molecule has 0 radical (unpaired) electrons. The van der Waals surface area contributed by atoms with Crippen LogP contribution in [-0.2, 0) is 4.74 Å². The summed E-state index contributed by atoms with van der Waals surface area (Å²) in [6.07, 6.45) is 0.209. The standard InChI is InChI=1S/C21H24N4O/c1-24-11-12-26-19(14-24)15-25(2)21-10-9-20(22-23-21)18-8-7-16-5-3-4-6-17(16)13-18/h3-10,13,19H,11-12,14-15H2,1-2H3. The minimum Gasteiger partial charge on any atom is -0.374 e. The number of ether oxygens (including phenoxy) is 1. The molecule has 1 saturated heterocycles. The van der Waals surface area contributed by atoms with Crippen LogP contribution in [0.5, 0.6) is 0 Å². The second kappa shape index (κ2) is 7.40. The van der Waals surface area contributed by atoms with Gasteiger partial charge in [0.05, 0.1) is 18.4 Å². The quantitative estimate of drug-likeness (QED) is 0.725. The molecule has 1 aliphatic rings. The van der Waals surface area contributed by atoms with Gasteiger partial charge in [0.25, 0.3) is 0 Å². The van der Waals surface area contributed by atoms with Crippen molar-refractivity contribution in [2.75, 3.05) is 45.2 Å². The molecule has 2 aromatic carbocycles. The molecular formula is C21H24N4O. The van der Waals surface area contributed by atoms with Gasteiger partial charge in [0.15, 0.2) is 5.82 Å². The van der Waals surface area contributed by atoms with E-state index in [1.165, 1.54) is 10.8 Å². The first-order chi connectivity index (χ1) is 12.7. The number of hydrogen-bond donors (Lipinski definition) is 0. The third-order valence-corrected chi connectivity index (χ3v) is 4.91. The summed E-state index contributed by atoms with van der Waals surface area (Å²) in [5.74, 6) is 0.867. The minimum atomic E-state index is 0.209. The molecular weight excluding hydrogens is 324 g/mol. The number of anilines is 1. The van der Waals surface area contributed by atoms with Crippen molar-refractivity contribution in [3.05, 3.63) is 54.6 Å². The van der Waals surface area contributed by atoms with Crippen LogP contribution in [0.4, 0.5) is 5.82 Å². The Balaban J connectivity index is 1.48. The summed E-state index contributed by atoms with van der Waals surface area (Å²) in [6.45, 7) is 3.56. The molecule has 0 spiro atoms. The van der Waals surface area contributed by atoms with E-state index in [2.05, 4.69) is 69.5 Å². The molecule has 2 heterocycles. The summed E-state index contributed by atoms with van der Waals surface area (Å²) in [6, 6.07) is 18.8. The lowest BCUT2D eigenvalue weighted by atomic mass is 10.1. The highest BCUT2D eigenvalue weighted by molar-refractivity contribution is 5.86.